The van der Waals surface area contributed by atoms with Gasteiger partial charge in [0.25, 0.3) is 10.0 Å². The van der Waals surface area contributed by atoms with E-state index in [2.05, 4.69) is 4.98 Å². The Bertz CT molecular complexity index is 455. The molecule has 2 rings (SSSR count). The van der Waals surface area contributed by atoms with E-state index in [1.807, 2.05) is 0 Å². The molecule has 1 saturated heterocycles. The van der Waals surface area contributed by atoms with Crippen LogP contribution in [0.2, 0.25) is 0 Å². The summed E-state index contributed by atoms with van der Waals surface area (Å²) in [5.41, 5.74) is 5.48. The maximum absolute atomic E-state index is 11.9. The third kappa shape index (κ3) is 1.50. The molecule has 0 atom stereocenters. The fourth-order valence-corrected chi connectivity index (χ4v) is 3.20. The molecule has 0 unspecified atom stereocenters. The summed E-state index contributed by atoms with van der Waals surface area (Å²) in [5, 5.41) is 9.04. The van der Waals surface area contributed by atoms with Crippen LogP contribution in [0.25, 0.3) is 0 Å². The number of rotatable bonds is 2. The van der Waals surface area contributed by atoms with Crippen LogP contribution in [0, 0.1) is 0 Å². The highest BCUT2D eigenvalue weighted by Gasteiger charge is 2.38. The van der Waals surface area contributed by atoms with Crippen molar-refractivity contribution < 1.29 is 13.5 Å². The third-order valence-electron chi connectivity index (χ3n) is 2.32. The second-order valence-electron chi connectivity index (χ2n) is 3.52. The van der Waals surface area contributed by atoms with Crippen LogP contribution in [0.4, 0.5) is 5.82 Å². The Hall–Kier alpha value is -1.12. The quantitative estimate of drug-likeness (QED) is 0.637. The predicted octanol–water partition coefficient (Wildman–Crippen LogP) is -1.63. The number of hydrogen-bond acceptors (Lipinski definition) is 5. The number of aliphatic hydroxyl groups excluding tert-OH is 1. The second-order valence-corrected chi connectivity index (χ2v) is 5.37. The summed E-state index contributed by atoms with van der Waals surface area (Å²) >= 11 is 0. The van der Waals surface area contributed by atoms with Gasteiger partial charge in [0.15, 0.2) is 10.8 Å². The van der Waals surface area contributed by atoms with Gasteiger partial charge >= 0.3 is 0 Å². The molecule has 1 aromatic rings. The zero-order valence-corrected chi connectivity index (χ0v) is 8.98. The molecule has 1 aliphatic heterocycles. The van der Waals surface area contributed by atoms with Crippen molar-refractivity contribution in [1.82, 2.24) is 13.9 Å². The fraction of sp³-hybridized carbons (Fsp3) is 0.571. The van der Waals surface area contributed by atoms with Crippen molar-refractivity contribution in [2.45, 2.75) is 11.1 Å². The Balaban J connectivity index is 2.38. The summed E-state index contributed by atoms with van der Waals surface area (Å²) in [4.78, 5) is 3.71. The standard InChI is InChI=1S/C7H12N4O3S/c1-10-4-9-6(8)7(10)15(13,14)11-2-5(12)3-11/h4-5,12H,2-3,8H2,1H3. The Morgan fingerprint density at radius 2 is 2.20 bits per heavy atom. The summed E-state index contributed by atoms with van der Waals surface area (Å²) < 4.78 is 26.4. The fourth-order valence-electron chi connectivity index (χ4n) is 1.49. The number of nitrogen functional groups attached to an aromatic ring is 1. The number of hydrogen-bond donors (Lipinski definition) is 2. The van der Waals surface area contributed by atoms with E-state index in [-0.39, 0.29) is 23.9 Å². The molecule has 0 spiro atoms. The number of aryl methyl sites for hydroxylation is 1. The molecule has 3 N–H and O–H groups in total. The lowest BCUT2D eigenvalue weighted by atomic mass is 10.2. The summed E-state index contributed by atoms with van der Waals surface area (Å²) in [6, 6.07) is 0. The average Bonchev–Trinajstić information content (AvgIpc) is 2.41. The summed E-state index contributed by atoms with van der Waals surface area (Å²) in [5.74, 6) is -0.0149. The van der Waals surface area contributed by atoms with Crippen LogP contribution in [0.3, 0.4) is 0 Å². The smallest absolute Gasteiger partial charge is 0.262 e. The van der Waals surface area contributed by atoms with Gasteiger partial charge in [-0.1, -0.05) is 0 Å². The van der Waals surface area contributed by atoms with E-state index in [0.29, 0.717) is 0 Å². The topological polar surface area (TPSA) is 101 Å². The number of nitrogens with two attached hydrogens (primary N) is 1. The maximum atomic E-state index is 11.9. The van der Waals surface area contributed by atoms with Gasteiger partial charge < -0.3 is 15.4 Å². The first-order chi connectivity index (χ1) is 6.93. The van der Waals surface area contributed by atoms with Gasteiger partial charge in [-0.3, -0.25) is 0 Å². The van der Waals surface area contributed by atoms with Crippen molar-refractivity contribution in [3.8, 4) is 0 Å². The van der Waals surface area contributed by atoms with Crippen molar-refractivity contribution in [3.63, 3.8) is 0 Å². The van der Waals surface area contributed by atoms with Crippen molar-refractivity contribution in [2.75, 3.05) is 18.8 Å². The maximum Gasteiger partial charge on any atom is 0.262 e. The van der Waals surface area contributed by atoms with Crippen molar-refractivity contribution in [1.29, 1.82) is 0 Å². The van der Waals surface area contributed by atoms with Gasteiger partial charge in [0.05, 0.1) is 12.4 Å². The number of aromatic nitrogens is 2. The van der Waals surface area contributed by atoms with Crippen LogP contribution >= 0.6 is 0 Å². The number of β-amino-alcohol motifs (C(OH)–C–C–N with tert-alkyl or cyclic N) is 1. The normalized spacial score (nSPS) is 19.1. The van der Waals surface area contributed by atoms with E-state index in [0.717, 1.165) is 0 Å². The summed E-state index contributed by atoms with van der Waals surface area (Å²) in [6.45, 7) is 0.236. The van der Waals surface area contributed by atoms with Gasteiger partial charge in [-0.2, -0.15) is 4.31 Å². The Kier molecular flexibility index (Phi) is 2.21. The molecule has 0 radical (unpaired) electrons. The van der Waals surface area contributed by atoms with E-state index in [1.165, 1.54) is 15.2 Å². The minimum absolute atomic E-state index is 0.0149. The molecule has 0 aromatic carbocycles. The molecule has 0 aliphatic carbocycles. The Labute approximate surface area is 87.2 Å². The number of anilines is 1. The molecule has 0 amide bonds. The summed E-state index contributed by atoms with van der Waals surface area (Å²) in [7, 11) is -2.04. The minimum atomic E-state index is -3.60. The van der Waals surface area contributed by atoms with E-state index < -0.39 is 16.1 Å². The van der Waals surface area contributed by atoms with Gasteiger partial charge in [0, 0.05) is 20.1 Å². The van der Waals surface area contributed by atoms with Crippen LogP contribution in [0.15, 0.2) is 11.4 Å². The molecule has 15 heavy (non-hydrogen) atoms. The molecule has 0 saturated carbocycles. The molecular formula is C7H12N4O3S. The van der Waals surface area contributed by atoms with Crippen LogP contribution < -0.4 is 5.73 Å². The molecule has 1 aromatic heterocycles. The number of nitrogens with zero attached hydrogens (tertiary/aromatic N) is 3. The first-order valence-corrected chi connectivity index (χ1v) is 5.82. The lowest BCUT2D eigenvalue weighted by molar-refractivity contribution is 0.0545. The largest absolute Gasteiger partial charge is 0.390 e. The first kappa shape index (κ1) is 10.4. The van der Waals surface area contributed by atoms with Crippen molar-refractivity contribution >= 4 is 15.8 Å². The van der Waals surface area contributed by atoms with Gasteiger partial charge in [-0.25, -0.2) is 13.4 Å². The zero-order chi connectivity index (χ0) is 11.2. The van der Waals surface area contributed by atoms with Gasteiger partial charge in [-0.05, 0) is 0 Å². The molecule has 84 valence electrons. The van der Waals surface area contributed by atoms with Crippen LogP contribution in [0.1, 0.15) is 0 Å². The molecule has 2 heterocycles. The zero-order valence-electron chi connectivity index (χ0n) is 8.16. The van der Waals surface area contributed by atoms with Crippen molar-refractivity contribution in [3.05, 3.63) is 6.33 Å². The summed E-state index contributed by atoms with van der Waals surface area (Å²) in [6.07, 6.45) is 0.771. The minimum Gasteiger partial charge on any atom is -0.390 e. The van der Waals surface area contributed by atoms with Crippen LogP contribution in [-0.4, -0.2) is 46.6 Å². The molecule has 0 bridgehead atoms. The second kappa shape index (κ2) is 3.19. The first-order valence-electron chi connectivity index (χ1n) is 4.38. The molecule has 1 aliphatic rings. The van der Waals surface area contributed by atoms with Crippen LogP contribution in [-0.2, 0) is 17.1 Å². The van der Waals surface area contributed by atoms with E-state index >= 15 is 0 Å². The van der Waals surface area contributed by atoms with E-state index in [4.69, 9.17) is 10.8 Å². The van der Waals surface area contributed by atoms with Gasteiger partial charge in [-0.15, -0.1) is 0 Å². The highest BCUT2D eigenvalue weighted by molar-refractivity contribution is 7.89. The SMILES string of the molecule is Cn1cnc(N)c1S(=O)(=O)N1CC(O)C1. The van der Waals surface area contributed by atoms with Gasteiger partial charge in [0.2, 0.25) is 0 Å². The monoisotopic (exact) mass is 232 g/mol. The Morgan fingerprint density at radius 3 is 2.60 bits per heavy atom. The molecule has 8 heteroatoms. The molecule has 1 fully saturated rings. The molecular weight excluding hydrogens is 220 g/mol. The predicted molar refractivity (Wildman–Crippen MR) is 52.4 cm³/mol. The third-order valence-corrected chi connectivity index (χ3v) is 4.29. The lowest BCUT2D eigenvalue weighted by Crippen LogP contribution is -2.53. The molecule has 7 nitrogen and oxygen atoms in total. The Morgan fingerprint density at radius 1 is 1.60 bits per heavy atom. The average molecular weight is 232 g/mol. The lowest BCUT2D eigenvalue weighted by Gasteiger charge is -2.34. The highest BCUT2D eigenvalue weighted by atomic mass is 32.2. The van der Waals surface area contributed by atoms with E-state index in [9.17, 15) is 8.42 Å². The van der Waals surface area contributed by atoms with Crippen LogP contribution in [0.5, 0.6) is 0 Å². The van der Waals surface area contributed by atoms with E-state index in [1.54, 1.807) is 7.05 Å². The van der Waals surface area contributed by atoms with Gasteiger partial charge in [0.1, 0.15) is 0 Å². The highest BCUT2D eigenvalue weighted by Crippen LogP contribution is 2.24. The van der Waals surface area contributed by atoms with Crippen molar-refractivity contribution in [2.24, 2.45) is 7.05 Å². The number of sulfonamides is 1. The number of aliphatic hydroxyl groups is 1. The number of imidazole rings is 1.